The third kappa shape index (κ3) is 3.13. The van der Waals surface area contributed by atoms with E-state index in [2.05, 4.69) is 5.32 Å². The summed E-state index contributed by atoms with van der Waals surface area (Å²) in [7, 11) is 0. The van der Waals surface area contributed by atoms with Gasteiger partial charge in [0.2, 0.25) is 5.91 Å². The van der Waals surface area contributed by atoms with Crippen molar-refractivity contribution in [1.29, 1.82) is 0 Å². The van der Waals surface area contributed by atoms with E-state index in [9.17, 15) is 15.0 Å². The number of carbonyl (C=O) groups excluding carboxylic acids is 1. The van der Waals surface area contributed by atoms with Gasteiger partial charge in [-0.3, -0.25) is 4.79 Å². The summed E-state index contributed by atoms with van der Waals surface area (Å²) in [5.74, 6) is -0.492. The standard InChI is InChI=1S/C18H21NO3/c20-16-7-3-6-15(16)18(22)19-11-17(21)14-9-8-12-4-1-2-5-13(12)10-14/h1-2,4-5,8-10,15-17,20-21H,3,6-7,11H2,(H,19,22). The molecule has 1 fully saturated rings. The van der Waals surface area contributed by atoms with Crippen molar-refractivity contribution >= 4 is 16.7 Å². The maximum atomic E-state index is 12.0. The highest BCUT2D eigenvalue weighted by Gasteiger charge is 2.31. The topological polar surface area (TPSA) is 69.6 Å². The van der Waals surface area contributed by atoms with Gasteiger partial charge < -0.3 is 15.5 Å². The predicted molar refractivity (Wildman–Crippen MR) is 85.3 cm³/mol. The fourth-order valence-electron chi connectivity index (χ4n) is 3.11. The van der Waals surface area contributed by atoms with Crippen molar-refractivity contribution in [2.75, 3.05) is 6.54 Å². The van der Waals surface area contributed by atoms with Crippen LogP contribution in [0.1, 0.15) is 30.9 Å². The molecule has 1 saturated carbocycles. The molecular formula is C18H21NO3. The maximum absolute atomic E-state index is 12.0. The number of hydrogen-bond donors (Lipinski definition) is 3. The summed E-state index contributed by atoms with van der Waals surface area (Å²) in [5.41, 5.74) is 0.783. The predicted octanol–water partition coefficient (Wildman–Crippen LogP) is 2.15. The van der Waals surface area contributed by atoms with Gasteiger partial charge in [-0.25, -0.2) is 0 Å². The molecule has 116 valence electrons. The lowest BCUT2D eigenvalue weighted by molar-refractivity contribution is -0.128. The summed E-state index contributed by atoms with van der Waals surface area (Å²) in [4.78, 5) is 12.0. The van der Waals surface area contributed by atoms with Crippen molar-refractivity contribution in [2.24, 2.45) is 5.92 Å². The second kappa shape index (κ2) is 6.46. The number of nitrogens with one attached hydrogen (secondary N) is 1. The molecule has 2 aromatic rings. The summed E-state index contributed by atoms with van der Waals surface area (Å²) in [6.45, 7) is 0.167. The minimum atomic E-state index is -0.743. The highest BCUT2D eigenvalue weighted by atomic mass is 16.3. The van der Waals surface area contributed by atoms with E-state index in [0.29, 0.717) is 6.42 Å². The zero-order valence-corrected chi connectivity index (χ0v) is 12.4. The summed E-state index contributed by atoms with van der Waals surface area (Å²) in [6.07, 6.45) is 1.00. The second-order valence-electron chi connectivity index (χ2n) is 5.97. The molecule has 0 aliphatic heterocycles. The zero-order chi connectivity index (χ0) is 15.5. The van der Waals surface area contributed by atoms with E-state index < -0.39 is 12.2 Å². The van der Waals surface area contributed by atoms with Gasteiger partial charge in [-0.2, -0.15) is 0 Å². The molecule has 0 heterocycles. The van der Waals surface area contributed by atoms with Crippen molar-refractivity contribution < 1.29 is 15.0 Å². The van der Waals surface area contributed by atoms with Crippen LogP contribution in [0.5, 0.6) is 0 Å². The van der Waals surface area contributed by atoms with Gasteiger partial charge in [0.05, 0.1) is 18.1 Å². The van der Waals surface area contributed by atoms with Crippen molar-refractivity contribution in [2.45, 2.75) is 31.5 Å². The van der Waals surface area contributed by atoms with Crippen molar-refractivity contribution in [3.63, 3.8) is 0 Å². The Morgan fingerprint density at radius 1 is 1.18 bits per heavy atom. The van der Waals surface area contributed by atoms with Crippen LogP contribution in [0.4, 0.5) is 0 Å². The van der Waals surface area contributed by atoms with Crippen LogP contribution < -0.4 is 5.32 Å². The smallest absolute Gasteiger partial charge is 0.225 e. The van der Waals surface area contributed by atoms with E-state index in [1.165, 1.54) is 0 Å². The highest BCUT2D eigenvalue weighted by Crippen LogP contribution is 2.26. The van der Waals surface area contributed by atoms with E-state index >= 15 is 0 Å². The lowest BCUT2D eigenvalue weighted by atomic mass is 10.0. The molecule has 0 spiro atoms. The van der Waals surface area contributed by atoms with Crippen molar-refractivity contribution in [1.82, 2.24) is 5.32 Å². The fourth-order valence-corrected chi connectivity index (χ4v) is 3.11. The monoisotopic (exact) mass is 299 g/mol. The Kier molecular flexibility index (Phi) is 4.41. The number of fused-ring (bicyclic) bond motifs is 1. The van der Waals surface area contributed by atoms with E-state index in [4.69, 9.17) is 0 Å². The van der Waals surface area contributed by atoms with Crippen LogP contribution >= 0.6 is 0 Å². The van der Waals surface area contributed by atoms with Gasteiger partial charge >= 0.3 is 0 Å². The Balaban J connectivity index is 1.63. The second-order valence-corrected chi connectivity index (χ2v) is 5.97. The van der Waals surface area contributed by atoms with Crippen LogP contribution in [0.15, 0.2) is 42.5 Å². The Hall–Kier alpha value is -1.91. The van der Waals surface area contributed by atoms with E-state index in [-0.39, 0.29) is 18.4 Å². The normalized spacial score (nSPS) is 22.6. The van der Waals surface area contributed by atoms with Crippen LogP contribution in [0.3, 0.4) is 0 Å². The number of carbonyl (C=O) groups is 1. The largest absolute Gasteiger partial charge is 0.392 e. The van der Waals surface area contributed by atoms with Crippen LogP contribution in [-0.4, -0.2) is 28.8 Å². The molecular weight excluding hydrogens is 278 g/mol. The minimum absolute atomic E-state index is 0.162. The number of aliphatic hydroxyl groups excluding tert-OH is 2. The third-order valence-corrected chi connectivity index (χ3v) is 4.44. The molecule has 22 heavy (non-hydrogen) atoms. The number of rotatable bonds is 4. The molecule has 4 heteroatoms. The van der Waals surface area contributed by atoms with Crippen molar-refractivity contribution in [3.8, 4) is 0 Å². The molecule has 3 unspecified atom stereocenters. The van der Waals surface area contributed by atoms with Gasteiger partial charge in [0.25, 0.3) is 0 Å². The van der Waals surface area contributed by atoms with Gasteiger partial charge in [0, 0.05) is 6.54 Å². The van der Waals surface area contributed by atoms with Gasteiger partial charge in [0.1, 0.15) is 0 Å². The van der Waals surface area contributed by atoms with Crippen LogP contribution in [0.25, 0.3) is 10.8 Å². The van der Waals surface area contributed by atoms with Gasteiger partial charge in [-0.05, 0) is 41.7 Å². The van der Waals surface area contributed by atoms with Gasteiger partial charge in [0.15, 0.2) is 0 Å². The number of hydrogen-bond acceptors (Lipinski definition) is 3. The van der Waals surface area contributed by atoms with Crippen LogP contribution in [0, 0.1) is 5.92 Å². The summed E-state index contributed by atoms with van der Waals surface area (Å²) >= 11 is 0. The molecule has 0 radical (unpaired) electrons. The average Bonchev–Trinajstić information content (AvgIpc) is 2.98. The third-order valence-electron chi connectivity index (χ3n) is 4.44. The molecule has 3 N–H and O–H groups in total. The first-order valence-corrected chi connectivity index (χ1v) is 7.77. The highest BCUT2D eigenvalue weighted by molar-refractivity contribution is 5.83. The minimum Gasteiger partial charge on any atom is -0.392 e. The quantitative estimate of drug-likeness (QED) is 0.810. The molecule has 3 atom stereocenters. The molecule has 2 aromatic carbocycles. The Bertz CT molecular complexity index is 670. The Labute approximate surface area is 129 Å². The molecule has 0 saturated heterocycles. The Morgan fingerprint density at radius 2 is 1.95 bits per heavy atom. The number of aliphatic hydroxyl groups is 2. The lowest BCUT2D eigenvalue weighted by Crippen LogP contribution is -2.37. The molecule has 3 rings (SSSR count). The molecule has 1 amide bonds. The summed E-state index contributed by atoms with van der Waals surface area (Å²) in [5, 5.41) is 24.9. The van der Waals surface area contributed by atoms with Gasteiger partial charge in [-0.15, -0.1) is 0 Å². The van der Waals surface area contributed by atoms with E-state index in [1.54, 1.807) is 0 Å². The summed E-state index contributed by atoms with van der Waals surface area (Å²) < 4.78 is 0. The molecule has 4 nitrogen and oxygen atoms in total. The first-order valence-electron chi connectivity index (χ1n) is 7.77. The first kappa shape index (κ1) is 15.0. The zero-order valence-electron chi connectivity index (χ0n) is 12.4. The average molecular weight is 299 g/mol. The van der Waals surface area contributed by atoms with E-state index in [1.807, 2.05) is 42.5 Å². The Morgan fingerprint density at radius 3 is 2.68 bits per heavy atom. The number of amides is 1. The molecule has 1 aliphatic carbocycles. The van der Waals surface area contributed by atoms with Crippen molar-refractivity contribution in [3.05, 3.63) is 48.0 Å². The summed E-state index contributed by atoms with van der Waals surface area (Å²) in [6, 6.07) is 13.7. The maximum Gasteiger partial charge on any atom is 0.225 e. The number of benzene rings is 2. The SMILES string of the molecule is O=C(NCC(O)c1ccc2ccccc2c1)C1CCCC1O. The molecule has 0 aromatic heterocycles. The molecule has 0 bridgehead atoms. The fraction of sp³-hybridized carbons (Fsp3) is 0.389. The van der Waals surface area contributed by atoms with Crippen LogP contribution in [0.2, 0.25) is 0 Å². The lowest BCUT2D eigenvalue weighted by Gasteiger charge is -2.17. The van der Waals surface area contributed by atoms with Gasteiger partial charge in [-0.1, -0.05) is 36.4 Å². The molecule has 1 aliphatic rings. The van der Waals surface area contributed by atoms with E-state index in [0.717, 1.165) is 29.2 Å². The first-order chi connectivity index (χ1) is 10.6. The van der Waals surface area contributed by atoms with Crippen LogP contribution in [-0.2, 0) is 4.79 Å².